The predicted octanol–water partition coefficient (Wildman–Crippen LogP) is 0.636. The molecule has 0 amide bonds. The molecule has 0 saturated heterocycles. The van der Waals surface area contributed by atoms with Crippen molar-refractivity contribution >= 4 is 16.1 Å². The van der Waals surface area contributed by atoms with E-state index in [9.17, 15) is 13.2 Å². The van der Waals surface area contributed by atoms with Gasteiger partial charge in [-0.15, -0.1) is 0 Å². The maximum absolute atomic E-state index is 11.4. The van der Waals surface area contributed by atoms with E-state index < -0.39 is 16.1 Å². The molecule has 0 rings (SSSR count). The second kappa shape index (κ2) is 17.2. The van der Waals surface area contributed by atoms with Gasteiger partial charge in [0.1, 0.15) is 0 Å². The molecule has 0 fully saturated rings. The SMILES string of the molecule is CCCCCCCCCCCCCC(=O)OS(=O)(=O)CCN.[H-].[Na+]. The van der Waals surface area contributed by atoms with E-state index >= 15 is 0 Å². The van der Waals surface area contributed by atoms with Crippen LogP contribution in [0.4, 0.5) is 0 Å². The molecule has 0 spiro atoms. The van der Waals surface area contributed by atoms with Gasteiger partial charge in [0.05, 0.1) is 5.75 Å². The first-order chi connectivity index (χ1) is 10.5. The minimum Gasteiger partial charge on any atom is -1.00 e. The van der Waals surface area contributed by atoms with Crippen LogP contribution in [-0.4, -0.2) is 26.7 Å². The molecule has 0 aromatic carbocycles. The molecule has 0 aromatic rings. The Balaban J connectivity index is -0.00000220. The zero-order valence-corrected chi connectivity index (χ0v) is 17.8. The van der Waals surface area contributed by atoms with E-state index in [4.69, 9.17) is 5.73 Å². The molecule has 2 N–H and O–H groups in total. The Bertz CT molecular complexity index is 380. The molecular weight excluding hydrogens is 325 g/mol. The van der Waals surface area contributed by atoms with Gasteiger partial charge in [0, 0.05) is 13.0 Å². The first-order valence-electron chi connectivity index (χ1n) is 8.67. The van der Waals surface area contributed by atoms with Gasteiger partial charge in [0.15, 0.2) is 0 Å². The number of nitrogens with two attached hydrogens (primary N) is 1. The standard InChI is InChI=1S/C16H33NO4S.Na.H/c1-2-3-4-5-6-7-8-9-10-11-12-13-16(18)21-22(19,20)15-14-17;;/h2-15,17H2,1H3;;/q;+1;-1. The summed E-state index contributed by atoms with van der Waals surface area (Å²) in [7, 11) is -3.77. The summed E-state index contributed by atoms with van der Waals surface area (Å²) in [5.74, 6) is -0.971. The third-order valence-electron chi connectivity index (χ3n) is 3.57. The predicted molar refractivity (Wildman–Crippen MR) is 91.1 cm³/mol. The van der Waals surface area contributed by atoms with E-state index in [1.165, 1.54) is 51.4 Å². The second-order valence-electron chi connectivity index (χ2n) is 5.79. The van der Waals surface area contributed by atoms with Gasteiger partial charge in [0.25, 0.3) is 0 Å². The molecule has 7 heteroatoms. The fraction of sp³-hybridized carbons (Fsp3) is 0.938. The van der Waals surface area contributed by atoms with E-state index in [1.54, 1.807) is 0 Å². The molecule has 0 radical (unpaired) electrons. The summed E-state index contributed by atoms with van der Waals surface area (Å²) in [5, 5.41) is 0. The molecule has 0 saturated carbocycles. The van der Waals surface area contributed by atoms with Crippen LogP contribution in [0.2, 0.25) is 0 Å². The van der Waals surface area contributed by atoms with Crippen LogP contribution in [0.25, 0.3) is 0 Å². The van der Waals surface area contributed by atoms with Gasteiger partial charge in [0.2, 0.25) is 0 Å². The minimum absolute atomic E-state index is 0. The van der Waals surface area contributed by atoms with Crippen LogP contribution < -0.4 is 35.3 Å². The van der Waals surface area contributed by atoms with E-state index in [-0.39, 0.29) is 49.7 Å². The number of hydrogen-bond acceptors (Lipinski definition) is 5. The summed E-state index contributed by atoms with van der Waals surface area (Å²) >= 11 is 0. The quantitative estimate of drug-likeness (QED) is 0.263. The molecule has 0 aliphatic carbocycles. The fourth-order valence-electron chi connectivity index (χ4n) is 2.30. The molecule has 5 nitrogen and oxygen atoms in total. The van der Waals surface area contributed by atoms with E-state index in [0.29, 0.717) is 6.42 Å². The van der Waals surface area contributed by atoms with E-state index in [0.717, 1.165) is 12.8 Å². The topological polar surface area (TPSA) is 86.5 Å². The Morgan fingerprint density at radius 1 is 0.913 bits per heavy atom. The zero-order chi connectivity index (χ0) is 16.7. The molecule has 134 valence electrons. The van der Waals surface area contributed by atoms with Crippen molar-refractivity contribution in [1.82, 2.24) is 0 Å². The summed E-state index contributed by atoms with van der Waals surface area (Å²) in [6.07, 6.45) is 13.3. The number of unbranched alkanes of at least 4 members (excludes halogenated alkanes) is 10. The smallest absolute Gasteiger partial charge is 1.00 e. The third-order valence-corrected chi connectivity index (χ3v) is 4.75. The van der Waals surface area contributed by atoms with Crippen LogP contribution in [-0.2, 0) is 19.1 Å². The van der Waals surface area contributed by atoms with Crippen molar-refractivity contribution in [2.24, 2.45) is 5.73 Å². The largest absolute Gasteiger partial charge is 1.00 e. The maximum atomic E-state index is 11.4. The first-order valence-corrected chi connectivity index (χ1v) is 10.2. The normalized spacial score (nSPS) is 11.0. The molecule has 0 aromatic heterocycles. The van der Waals surface area contributed by atoms with Crippen molar-refractivity contribution < 1.29 is 48.4 Å². The molecule has 0 atom stereocenters. The van der Waals surface area contributed by atoms with Crippen LogP contribution in [0, 0.1) is 0 Å². The Hall–Kier alpha value is 0.380. The van der Waals surface area contributed by atoms with Gasteiger partial charge in [-0.3, -0.25) is 4.79 Å². The van der Waals surface area contributed by atoms with Gasteiger partial charge in [-0.1, -0.05) is 71.1 Å². The summed E-state index contributed by atoms with van der Waals surface area (Å²) in [6.45, 7) is 2.19. The van der Waals surface area contributed by atoms with Crippen LogP contribution in [0.15, 0.2) is 0 Å². The van der Waals surface area contributed by atoms with Crippen LogP contribution in [0.3, 0.4) is 0 Å². The van der Waals surface area contributed by atoms with Crippen molar-refractivity contribution in [3.63, 3.8) is 0 Å². The average Bonchev–Trinajstić information content (AvgIpc) is 2.44. The number of carbonyl (C=O) groups is 1. The van der Waals surface area contributed by atoms with Gasteiger partial charge in [-0.2, -0.15) is 8.42 Å². The number of hydrogen-bond donors (Lipinski definition) is 1. The monoisotopic (exact) mass is 359 g/mol. The Morgan fingerprint density at radius 2 is 1.35 bits per heavy atom. The van der Waals surface area contributed by atoms with Gasteiger partial charge < -0.3 is 11.3 Å². The summed E-state index contributed by atoms with van der Waals surface area (Å²) < 4.78 is 26.9. The van der Waals surface area contributed by atoms with Crippen LogP contribution in [0.5, 0.6) is 0 Å². The van der Waals surface area contributed by atoms with Gasteiger partial charge >= 0.3 is 45.6 Å². The molecule has 0 aliphatic rings. The van der Waals surface area contributed by atoms with Crippen molar-refractivity contribution in [3.8, 4) is 0 Å². The maximum Gasteiger partial charge on any atom is 1.00 e. The van der Waals surface area contributed by atoms with Crippen molar-refractivity contribution in [2.45, 2.75) is 84.0 Å². The number of rotatable bonds is 15. The molecule has 0 bridgehead atoms. The zero-order valence-electron chi connectivity index (χ0n) is 16.0. The molecule has 0 unspecified atom stereocenters. The minimum atomic E-state index is -3.77. The molecule has 23 heavy (non-hydrogen) atoms. The van der Waals surface area contributed by atoms with Crippen molar-refractivity contribution in [2.75, 3.05) is 12.3 Å². The van der Waals surface area contributed by atoms with E-state index in [2.05, 4.69) is 11.1 Å². The van der Waals surface area contributed by atoms with Gasteiger partial charge in [-0.25, -0.2) is 0 Å². The molecular formula is C16H34NNaO4S. The van der Waals surface area contributed by atoms with Crippen LogP contribution in [0.1, 0.15) is 85.4 Å². The van der Waals surface area contributed by atoms with E-state index in [1.807, 2.05) is 0 Å². The first kappa shape index (κ1) is 25.6. The van der Waals surface area contributed by atoms with Gasteiger partial charge in [-0.05, 0) is 6.42 Å². The van der Waals surface area contributed by atoms with Crippen molar-refractivity contribution in [1.29, 1.82) is 0 Å². The summed E-state index contributed by atoms with van der Waals surface area (Å²) in [4.78, 5) is 11.4. The Labute approximate surface area is 166 Å². The molecule has 0 aliphatic heterocycles. The fourth-order valence-corrected chi connectivity index (χ4v) is 3.04. The number of carbonyl (C=O) groups excluding carboxylic acids is 1. The molecule has 0 heterocycles. The second-order valence-corrected chi connectivity index (χ2v) is 7.48. The Morgan fingerprint density at radius 3 is 1.78 bits per heavy atom. The average molecular weight is 360 g/mol. The summed E-state index contributed by atoms with van der Waals surface area (Å²) in [5.41, 5.74) is 5.13. The van der Waals surface area contributed by atoms with Crippen LogP contribution >= 0.6 is 0 Å². The third kappa shape index (κ3) is 18.6. The summed E-state index contributed by atoms with van der Waals surface area (Å²) in [6, 6.07) is 0. The Kier molecular flexibility index (Phi) is 19.2. The van der Waals surface area contributed by atoms with Crippen molar-refractivity contribution in [3.05, 3.63) is 0 Å².